The van der Waals surface area contributed by atoms with Crippen LogP contribution in [0.4, 0.5) is 4.79 Å². The van der Waals surface area contributed by atoms with Gasteiger partial charge in [-0.05, 0) is 67.7 Å². The van der Waals surface area contributed by atoms with Crippen molar-refractivity contribution in [3.8, 4) is 5.75 Å². The fraction of sp³-hybridized carbons (Fsp3) is 0.381. The molecule has 1 heterocycles. The van der Waals surface area contributed by atoms with E-state index in [-0.39, 0.29) is 0 Å². The number of benzene rings is 2. The molecule has 5 nitrogen and oxygen atoms in total. The Hall–Kier alpha value is -1.76. The van der Waals surface area contributed by atoms with E-state index in [0.29, 0.717) is 19.1 Å². The molecule has 0 saturated carbocycles. The number of piperidine rings is 1. The van der Waals surface area contributed by atoms with Gasteiger partial charge in [-0.3, -0.25) is 4.90 Å². The van der Waals surface area contributed by atoms with Crippen LogP contribution in [0.25, 0.3) is 0 Å². The van der Waals surface area contributed by atoms with Gasteiger partial charge in [-0.15, -0.1) is 0 Å². The van der Waals surface area contributed by atoms with Crippen LogP contribution < -0.4 is 10.1 Å². The molecule has 7 heteroatoms. The quantitative estimate of drug-likeness (QED) is 0.590. The number of carboxylic acid groups (broad SMARTS) is 1. The Morgan fingerprint density at radius 2 is 1.93 bits per heavy atom. The molecule has 1 fully saturated rings. The van der Waals surface area contributed by atoms with E-state index in [1.807, 2.05) is 36.4 Å². The summed E-state index contributed by atoms with van der Waals surface area (Å²) in [5.74, 6) is 1.29. The predicted octanol–water partition coefficient (Wildman–Crippen LogP) is 5.16. The molecule has 1 aliphatic heterocycles. The van der Waals surface area contributed by atoms with Crippen molar-refractivity contribution in [3.63, 3.8) is 0 Å². The van der Waals surface area contributed by atoms with Crippen molar-refractivity contribution in [1.29, 1.82) is 0 Å². The van der Waals surface area contributed by atoms with Crippen LogP contribution in [0.1, 0.15) is 24.0 Å². The van der Waals surface area contributed by atoms with Crippen molar-refractivity contribution < 1.29 is 14.6 Å². The van der Waals surface area contributed by atoms with Crippen LogP contribution >= 0.6 is 27.5 Å². The Bertz CT molecular complexity index is 793. The zero-order valence-electron chi connectivity index (χ0n) is 15.5. The van der Waals surface area contributed by atoms with Crippen molar-refractivity contribution in [1.82, 2.24) is 10.2 Å². The maximum atomic E-state index is 10.7. The molecule has 3 rings (SSSR count). The molecule has 1 aliphatic rings. The summed E-state index contributed by atoms with van der Waals surface area (Å²) in [6.07, 6.45) is 1.05. The Morgan fingerprint density at radius 1 is 1.21 bits per heavy atom. The van der Waals surface area contributed by atoms with Gasteiger partial charge in [0.2, 0.25) is 0 Å². The summed E-state index contributed by atoms with van der Waals surface area (Å²) in [5.41, 5.74) is 2.22. The number of rotatable bonds is 7. The number of likely N-dealkylation sites (tertiary alicyclic amines) is 1. The summed E-state index contributed by atoms with van der Waals surface area (Å²) in [4.78, 5) is 13.0. The van der Waals surface area contributed by atoms with Gasteiger partial charge in [0, 0.05) is 28.1 Å². The van der Waals surface area contributed by atoms with Gasteiger partial charge >= 0.3 is 6.09 Å². The van der Waals surface area contributed by atoms with Crippen LogP contribution in [0.15, 0.2) is 46.9 Å². The van der Waals surface area contributed by atoms with Crippen molar-refractivity contribution in [3.05, 3.63) is 63.1 Å². The van der Waals surface area contributed by atoms with Crippen LogP contribution in [-0.2, 0) is 13.2 Å². The normalized spacial score (nSPS) is 15.4. The van der Waals surface area contributed by atoms with Crippen LogP contribution in [0.5, 0.6) is 5.75 Å². The smallest absolute Gasteiger partial charge is 0.404 e. The molecule has 2 aromatic rings. The lowest BCUT2D eigenvalue weighted by Crippen LogP contribution is -2.38. The molecule has 0 aromatic heterocycles. The maximum absolute atomic E-state index is 10.7. The number of nitrogens with zero attached hydrogens (tertiary/aromatic N) is 1. The maximum Gasteiger partial charge on any atom is 0.404 e. The zero-order chi connectivity index (χ0) is 19.9. The summed E-state index contributed by atoms with van der Waals surface area (Å²) >= 11 is 9.50. The third-order valence-corrected chi connectivity index (χ3v) is 5.72. The highest BCUT2D eigenvalue weighted by Gasteiger charge is 2.20. The molecule has 2 aromatic carbocycles. The van der Waals surface area contributed by atoms with Gasteiger partial charge in [0.05, 0.1) is 0 Å². The number of hydrogen-bond acceptors (Lipinski definition) is 3. The molecule has 1 saturated heterocycles. The molecule has 2 N–H and O–H groups in total. The van der Waals surface area contributed by atoms with Gasteiger partial charge in [0.25, 0.3) is 0 Å². The zero-order valence-corrected chi connectivity index (χ0v) is 17.9. The highest BCUT2D eigenvalue weighted by Crippen LogP contribution is 2.27. The van der Waals surface area contributed by atoms with Gasteiger partial charge in [-0.25, -0.2) is 4.79 Å². The van der Waals surface area contributed by atoms with E-state index in [9.17, 15) is 4.79 Å². The third kappa shape index (κ3) is 6.40. The van der Waals surface area contributed by atoms with Gasteiger partial charge in [-0.1, -0.05) is 39.7 Å². The number of carbonyl (C=O) groups is 1. The summed E-state index contributed by atoms with van der Waals surface area (Å²) in [6.45, 7) is 3.75. The number of nitrogens with one attached hydrogen (secondary N) is 1. The molecule has 0 spiro atoms. The largest absolute Gasteiger partial charge is 0.489 e. The van der Waals surface area contributed by atoms with Crippen molar-refractivity contribution >= 4 is 33.6 Å². The second-order valence-corrected chi connectivity index (χ2v) is 8.42. The van der Waals surface area contributed by atoms with Crippen LogP contribution in [0.2, 0.25) is 5.02 Å². The lowest BCUT2D eigenvalue weighted by atomic mass is 9.96. The highest BCUT2D eigenvalue weighted by atomic mass is 79.9. The Morgan fingerprint density at radius 3 is 2.61 bits per heavy atom. The third-order valence-electron chi connectivity index (χ3n) is 4.97. The molecule has 0 aliphatic carbocycles. The summed E-state index contributed by atoms with van der Waals surface area (Å²) in [6, 6.07) is 13.8. The minimum Gasteiger partial charge on any atom is -0.489 e. The Kier molecular flexibility index (Phi) is 7.59. The number of ether oxygens (including phenoxy) is 1. The first-order chi connectivity index (χ1) is 13.5. The van der Waals surface area contributed by atoms with E-state index in [0.717, 1.165) is 58.8 Å². The molecule has 0 unspecified atom stereocenters. The molecular weight excluding hydrogens is 444 g/mol. The van der Waals surface area contributed by atoms with E-state index in [1.165, 1.54) is 0 Å². The van der Waals surface area contributed by atoms with Crippen molar-refractivity contribution in [2.45, 2.75) is 26.0 Å². The number of hydrogen-bond donors (Lipinski definition) is 2. The summed E-state index contributed by atoms with van der Waals surface area (Å²) < 4.78 is 7.11. The Labute approximate surface area is 178 Å². The first kappa shape index (κ1) is 21.0. The molecule has 1 amide bonds. The second kappa shape index (κ2) is 10.1. The van der Waals surface area contributed by atoms with Gasteiger partial charge in [0.1, 0.15) is 12.4 Å². The average Bonchev–Trinajstić information content (AvgIpc) is 2.68. The Balaban J connectivity index is 1.57. The van der Waals surface area contributed by atoms with E-state index in [1.54, 1.807) is 0 Å². The molecule has 0 radical (unpaired) electrons. The first-order valence-corrected chi connectivity index (χ1v) is 10.5. The van der Waals surface area contributed by atoms with Gasteiger partial charge in [-0.2, -0.15) is 0 Å². The summed E-state index contributed by atoms with van der Waals surface area (Å²) in [7, 11) is 0. The second-order valence-electron chi connectivity index (χ2n) is 7.07. The molecule has 0 atom stereocenters. The van der Waals surface area contributed by atoms with Crippen LogP contribution in [0, 0.1) is 5.92 Å². The highest BCUT2D eigenvalue weighted by molar-refractivity contribution is 9.10. The molecular formula is C21H24BrClN2O3. The lowest BCUT2D eigenvalue weighted by Gasteiger charge is -2.32. The molecule has 28 heavy (non-hydrogen) atoms. The summed E-state index contributed by atoms with van der Waals surface area (Å²) in [5, 5.41) is 12.0. The van der Waals surface area contributed by atoms with Gasteiger partial charge < -0.3 is 15.2 Å². The minimum absolute atomic E-state index is 0.412. The first-order valence-electron chi connectivity index (χ1n) is 9.34. The predicted molar refractivity (Wildman–Crippen MR) is 114 cm³/mol. The van der Waals surface area contributed by atoms with E-state index < -0.39 is 6.09 Å². The van der Waals surface area contributed by atoms with Gasteiger partial charge in [0.15, 0.2) is 0 Å². The van der Waals surface area contributed by atoms with Crippen LogP contribution in [0.3, 0.4) is 0 Å². The fourth-order valence-corrected chi connectivity index (χ4v) is 3.91. The monoisotopic (exact) mass is 466 g/mol. The van der Waals surface area contributed by atoms with E-state index in [2.05, 4.69) is 32.2 Å². The van der Waals surface area contributed by atoms with Crippen molar-refractivity contribution in [2.24, 2.45) is 5.92 Å². The van der Waals surface area contributed by atoms with E-state index in [4.69, 9.17) is 21.4 Å². The average molecular weight is 468 g/mol. The number of halogens is 2. The number of amides is 1. The molecule has 150 valence electrons. The topological polar surface area (TPSA) is 61.8 Å². The lowest BCUT2D eigenvalue weighted by molar-refractivity contribution is 0.164. The molecule has 0 bridgehead atoms. The standard InChI is InChI=1S/C21H24BrClN2O3/c22-18-3-6-20(28-14-16-1-4-19(23)5-2-16)17(11-18)13-25-9-7-15(8-10-25)12-24-21(26)27/h1-6,11,15,24H,7-10,12-14H2,(H,26,27). The fourth-order valence-electron chi connectivity index (χ4n) is 3.38. The minimum atomic E-state index is -0.945. The van der Waals surface area contributed by atoms with E-state index >= 15 is 0 Å². The SMILES string of the molecule is O=C(O)NCC1CCN(Cc2cc(Br)ccc2OCc2ccc(Cl)cc2)CC1. The van der Waals surface area contributed by atoms with Crippen LogP contribution in [-0.4, -0.2) is 35.7 Å². The van der Waals surface area contributed by atoms with Crippen molar-refractivity contribution in [2.75, 3.05) is 19.6 Å².